The van der Waals surface area contributed by atoms with Crippen molar-refractivity contribution in [2.45, 2.75) is 13.8 Å². The van der Waals surface area contributed by atoms with Crippen molar-refractivity contribution in [1.29, 1.82) is 0 Å². The molecule has 0 bridgehead atoms. The maximum absolute atomic E-state index is 4.58. The number of para-hydroxylation sites is 2. The Balaban J connectivity index is 1.83. The van der Waals surface area contributed by atoms with E-state index >= 15 is 0 Å². The SMILES string of the molecule is Cc1ccc(C=Nc2ccccc2N=Cc2ccc(C)s2)s1. The molecule has 3 aromatic rings. The van der Waals surface area contributed by atoms with Gasteiger partial charge in [0.15, 0.2) is 0 Å². The van der Waals surface area contributed by atoms with Crippen molar-refractivity contribution in [3.8, 4) is 0 Å². The fraction of sp³-hybridized carbons (Fsp3) is 0.111. The number of thiophene rings is 2. The smallest absolute Gasteiger partial charge is 0.0886 e. The van der Waals surface area contributed by atoms with E-state index in [-0.39, 0.29) is 0 Å². The van der Waals surface area contributed by atoms with E-state index in [2.05, 4.69) is 48.1 Å². The second-order valence-corrected chi connectivity index (χ2v) is 7.54. The monoisotopic (exact) mass is 324 g/mol. The maximum Gasteiger partial charge on any atom is 0.0886 e. The minimum Gasteiger partial charge on any atom is -0.253 e. The van der Waals surface area contributed by atoms with Gasteiger partial charge in [0.2, 0.25) is 0 Å². The van der Waals surface area contributed by atoms with Crippen LogP contribution in [0.3, 0.4) is 0 Å². The van der Waals surface area contributed by atoms with Gasteiger partial charge in [-0.25, -0.2) is 0 Å². The minimum absolute atomic E-state index is 0.887. The number of nitrogens with zero attached hydrogens (tertiary/aromatic N) is 2. The van der Waals surface area contributed by atoms with Gasteiger partial charge in [-0.15, -0.1) is 22.7 Å². The van der Waals surface area contributed by atoms with Crippen molar-refractivity contribution in [3.63, 3.8) is 0 Å². The summed E-state index contributed by atoms with van der Waals surface area (Å²) >= 11 is 3.48. The van der Waals surface area contributed by atoms with Crippen LogP contribution in [0.25, 0.3) is 0 Å². The Morgan fingerprint density at radius 3 is 1.50 bits per heavy atom. The van der Waals surface area contributed by atoms with E-state index in [1.807, 2.05) is 36.7 Å². The summed E-state index contributed by atoms with van der Waals surface area (Å²) in [7, 11) is 0. The molecule has 0 fully saturated rings. The van der Waals surface area contributed by atoms with Crippen LogP contribution in [0.4, 0.5) is 11.4 Å². The zero-order valence-electron chi connectivity index (χ0n) is 12.5. The normalized spacial score (nSPS) is 11.7. The van der Waals surface area contributed by atoms with Gasteiger partial charge in [0.1, 0.15) is 0 Å². The first-order valence-corrected chi connectivity index (χ1v) is 8.64. The van der Waals surface area contributed by atoms with Crippen LogP contribution in [0.2, 0.25) is 0 Å². The number of rotatable bonds is 4. The average molecular weight is 324 g/mol. The van der Waals surface area contributed by atoms with Crippen LogP contribution < -0.4 is 0 Å². The molecule has 1 aromatic carbocycles. The molecule has 0 N–H and O–H groups in total. The lowest BCUT2D eigenvalue weighted by atomic mass is 10.3. The molecule has 0 radical (unpaired) electrons. The third kappa shape index (κ3) is 3.78. The van der Waals surface area contributed by atoms with Crippen molar-refractivity contribution < 1.29 is 0 Å². The van der Waals surface area contributed by atoms with Crippen LogP contribution in [0.5, 0.6) is 0 Å². The van der Waals surface area contributed by atoms with Gasteiger partial charge in [-0.1, -0.05) is 12.1 Å². The first-order valence-electron chi connectivity index (χ1n) is 7.01. The first-order chi connectivity index (χ1) is 10.7. The van der Waals surface area contributed by atoms with Gasteiger partial charge < -0.3 is 0 Å². The van der Waals surface area contributed by atoms with Crippen LogP contribution in [0.15, 0.2) is 58.5 Å². The highest BCUT2D eigenvalue weighted by Crippen LogP contribution is 2.28. The topological polar surface area (TPSA) is 24.7 Å². The first kappa shape index (κ1) is 14.9. The lowest BCUT2D eigenvalue weighted by molar-refractivity contribution is 1.46. The Morgan fingerprint density at radius 1 is 0.682 bits per heavy atom. The largest absolute Gasteiger partial charge is 0.253 e. The third-order valence-corrected chi connectivity index (χ3v) is 4.94. The van der Waals surface area contributed by atoms with E-state index in [0.717, 1.165) is 21.1 Å². The molecule has 2 aromatic heterocycles. The van der Waals surface area contributed by atoms with Gasteiger partial charge in [-0.2, -0.15) is 0 Å². The van der Waals surface area contributed by atoms with Crippen molar-refractivity contribution in [3.05, 3.63) is 68.0 Å². The van der Waals surface area contributed by atoms with Crippen LogP contribution in [0.1, 0.15) is 19.5 Å². The van der Waals surface area contributed by atoms with Crippen molar-refractivity contribution in [1.82, 2.24) is 0 Å². The predicted molar refractivity (Wildman–Crippen MR) is 99.1 cm³/mol. The molecule has 0 saturated carbocycles. The second kappa shape index (κ2) is 6.81. The number of hydrogen-bond donors (Lipinski definition) is 0. The third-order valence-electron chi connectivity index (χ3n) is 3.07. The zero-order valence-corrected chi connectivity index (χ0v) is 14.1. The summed E-state index contributed by atoms with van der Waals surface area (Å²) in [6.07, 6.45) is 3.81. The van der Waals surface area contributed by atoms with E-state index in [9.17, 15) is 0 Å². The van der Waals surface area contributed by atoms with Gasteiger partial charge in [0, 0.05) is 31.9 Å². The molecule has 110 valence electrons. The highest BCUT2D eigenvalue weighted by atomic mass is 32.1. The van der Waals surface area contributed by atoms with E-state index in [1.165, 1.54) is 9.75 Å². The molecule has 3 rings (SSSR count). The molecule has 0 unspecified atom stereocenters. The quantitative estimate of drug-likeness (QED) is 0.532. The van der Waals surface area contributed by atoms with Crippen LogP contribution >= 0.6 is 22.7 Å². The van der Waals surface area contributed by atoms with Crippen molar-refractivity contribution >= 4 is 46.5 Å². The Labute approximate surface area is 138 Å². The Morgan fingerprint density at radius 2 is 1.14 bits per heavy atom. The predicted octanol–water partition coefficient (Wildman–Crippen LogP) is 5.93. The van der Waals surface area contributed by atoms with Gasteiger partial charge in [0.05, 0.1) is 11.4 Å². The highest BCUT2D eigenvalue weighted by Gasteiger charge is 1.99. The summed E-state index contributed by atoms with van der Waals surface area (Å²) < 4.78 is 0. The van der Waals surface area contributed by atoms with Crippen LogP contribution in [-0.4, -0.2) is 12.4 Å². The number of hydrogen-bond acceptors (Lipinski definition) is 4. The van der Waals surface area contributed by atoms with Crippen molar-refractivity contribution in [2.24, 2.45) is 9.98 Å². The molecule has 0 atom stereocenters. The summed E-state index contributed by atoms with van der Waals surface area (Å²) in [6, 6.07) is 16.3. The number of benzene rings is 1. The highest BCUT2D eigenvalue weighted by molar-refractivity contribution is 7.13. The van der Waals surface area contributed by atoms with Gasteiger partial charge in [0.25, 0.3) is 0 Å². The molecule has 0 spiro atoms. The molecule has 22 heavy (non-hydrogen) atoms. The molecular formula is C18H16N2S2. The molecule has 4 heteroatoms. The van der Waals surface area contributed by atoms with E-state index in [1.54, 1.807) is 22.7 Å². The van der Waals surface area contributed by atoms with E-state index in [4.69, 9.17) is 0 Å². The fourth-order valence-corrected chi connectivity index (χ4v) is 3.49. The fourth-order valence-electron chi connectivity index (χ4n) is 1.99. The molecule has 0 aliphatic heterocycles. The summed E-state index contributed by atoms with van der Waals surface area (Å²) in [4.78, 5) is 14.1. The second-order valence-electron chi connectivity index (χ2n) is 4.90. The van der Waals surface area contributed by atoms with Gasteiger partial charge >= 0.3 is 0 Å². The van der Waals surface area contributed by atoms with Gasteiger partial charge in [-0.05, 0) is 50.2 Å². The Hall–Kier alpha value is -2.04. The summed E-state index contributed by atoms with van der Waals surface area (Å²) in [5, 5.41) is 0. The Kier molecular flexibility index (Phi) is 4.61. The molecule has 0 saturated heterocycles. The lowest BCUT2D eigenvalue weighted by Crippen LogP contribution is -1.75. The molecular weight excluding hydrogens is 308 g/mol. The minimum atomic E-state index is 0.887. The van der Waals surface area contributed by atoms with Crippen molar-refractivity contribution in [2.75, 3.05) is 0 Å². The average Bonchev–Trinajstić information content (AvgIpc) is 3.12. The van der Waals surface area contributed by atoms with Gasteiger partial charge in [-0.3, -0.25) is 9.98 Å². The van der Waals surface area contributed by atoms with Crippen LogP contribution in [-0.2, 0) is 0 Å². The molecule has 2 nitrogen and oxygen atoms in total. The molecule has 0 aliphatic rings. The molecule has 0 aliphatic carbocycles. The van der Waals surface area contributed by atoms with E-state index < -0.39 is 0 Å². The summed E-state index contributed by atoms with van der Waals surface area (Å²) in [5.41, 5.74) is 1.77. The standard InChI is InChI=1S/C18H16N2S2/c1-13-7-9-15(21-13)11-19-17-5-3-4-6-18(17)20-12-16-10-8-14(2)22-16/h3-12H,1-2H3. The summed E-state index contributed by atoms with van der Waals surface area (Å²) in [5.74, 6) is 0. The zero-order chi connectivity index (χ0) is 15.4. The molecule has 0 amide bonds. The Bertz CT molecular complexity index is 756. The maximum atomic E-state index is 4.58. The molecule has 2 heterocycles. The number of aryl methyl sites for hydroxylation is 2. The van der Waals surface area contributed by atoms with Crippen LogP contribution in [0, 0.1) is 13.8 Å². The number of aliphatic imine (C=N–C) groups is 2. The lowest BCUT2D eigenvalue weighted by Gasteiger charge is -1.98. The van der Waals surface area contributed by atoms with E-state index in [0.29, 0.717) is 0 Å². The summed E-state index contributed by atoms with van der Waals surface area (Å²) in [6.45, 7) is 4.20.